The Balaban J connectivity index is 1.52. The topological polar surface area (TPSA) is 58.8 Å². The smallest absolute Gasteiger partial charge is 0.222 e. The standard InChI is InChI=1S/C26H35N3O2/c1-31-22-12-10-21(11-13-22)23-18-29(17-20-7-3-2-4-8-20)25-14-16-28(19-24(23)25)26(30)9-5-6-15-27/h2-4,7-8,10-13,23-25H,5-6,9,14-19,27H2,1H3/t23-,24-,25-/m1/s1. The highest BCUT2D eigenvalue weighted by Crippen LogP contribution is 2.42. The van der Waals surface area contributed by atoms with Crippen molar-refractivity contribution in [2.75, 3.05) is 33.3 Å². The summed E-state index contributed by atoms with van der Waals surface area (Å²) in [6.45, 7) is 4.38. The Hall–Kier alpha value is -2.37. The molecule has 0 saturated carbocycles. The summed E-state index contributed by atoms with van der Waals surface area (Å²) in [5, 5.41) is 0. The highest BCUT2D eigenvalue weighted by Gasteiger charge is 2.45. The maximum atomic E-state index is 12.8. The number of carbonyl (C=O) groups excluding carboxylic acids is 1. The monoisotopic (exact) mass is 421 g/mol. The highest BCUT2D eigenvalue weighted by atomic mass is 16.5. The lowest BCUT2D eigenvalue weighted by atomic mass is 9.81. The Morgan fingerprint density at radius 2 is 1.84 bits per heavy atom. The molecule has 166 valence electrons. The van der Waals surface area contributed by atoms with E-state index in [-0.39, 0.29) is 0 Å². The van der Waals surface area contributed by atoms with Gasteiger partial charge in [0, 0.05) is 50.5 Å². The second-order valence-electron chi connectivity index (χ2n) is 8.90. The van der Waals surface area contributed by atoms with Crippen LogP contribution in [0.5, 0.6) is 5.75 Å². The van der Waals surface area contributed by atoms with Gasteiger partial charge >= 0.3 is 0 Å². The molecule has 2 aromatic rings. The van der Waals surface area contributed by atoms with Gasteiger partial charge in [-0.05, 0) is 49.1 Å². The van der Waals surface area contributed by atoms with Crippen LogP contribution in [0.4, 0.5) is 0 Å². The third-order valence-electron chi connectivity index (χ3n) is 7.01. The van der Waals surface area contributed by atoms with Crippen molar-refractivity contribution in [3.63, 3.8) is 0 Å². The first-order chi connectivity index (χ1) is 15.2. The second-order valence-corrected chi connectivity index (χ2v) is 8.90. The largest absolute Gasteiger partial charge is 0.497 e. The van der Waals surface area contributed by atoms with Crippen molar-refractivity contribution in [1.82, 2.24) is 9.80 Å². The van der Waals surface area contributed by atoms with Crippen LogP contribution in [0.3, 0.4) is 0 Å². The van der Waals surface area contributed by atoms with Crippen molar-refractivity contribution in [2.45, 2.75) is 44.2 Å². The Morgan fingerprint density at radius 1 is 1.06 bits per heavy atom. The fourth-order valence-corrected chi connectivity index (χ4v) is 5.35. The van der Waals surface area contributed by atoms with Gasteiger partial charge in [0.25, 0.3) is 0 Å². The van der Waals surface area contributed by atoms with Gasteiger partial charge in [-0.25, -0.2) is 0 Å². The summed E-state index contributed by atoms with van der Waals surface area (Å²) in [7, 11) is 1.71. The molecule has 2 aromatic carbocycles. The maximum absolute atomic E-state index is 12.8. The third kappa shape index (κ3) is 5.10. The van der Waals surface area contributed by atoms with Crippen LogP contribution in [-0.4, -0.2) is 55.0 Å². The first-order valence-electron chi connectivity index (χ1n) is 11.6. The van der Waals surface area contributed by atoms with Crippen molar-refractivity contribution in [1.29, 1.82) is 0 Å². The normalized spacial score (nSPS) is 23.5. The second kappa shape index (κ2) is 10.3. The lowest BCUT2D eigenvalue weighted by molar-refractivity contribution is -0.133. The van der Waals surface area contributed by atoms with E-state index in [1.807, 2.05) is 0 Å². The number of ether oxygens (including phenoxy) is 1. The summed E-state index contributed by atoms with van der Waals surface area (Å²) < 4.78 is 5.36. The van der Waals surface area contributed by atoms with Crippen molar-refractivity contribution in [2.24, 2.45) is 11.7 Å². The molecule has 2 aliphatic rings. The van der Waals surface area contributed by atoms with Gasteiger partial charge in [0.05, 0.1) is 7.11 Å². The summed E-state index contributed by atoms with van der Waals surface area (Å²) in [5.41, 5.74) is 8.31. The molecule has 2 heterocycles. The minimum atomic E-state index is 0.293. The van der Waals surface area contributed by atoms with Gasteiger partial charge in [0.1, 0.15) is 5.75 Å². The molecule has 1 amide bonds. The number of nitrogens with zero attached hydrogens (tertiary/aromatic N) is 2. The van der Waals surface area contributed by atoms with Crippen LogP contribution in [0.1, 0.15) is 42.7 Å². The fourth-order valence-electron chi connectivity index (χ4n) is 5.35. The zero-order valence-electron chi connectivity index (χ0n) is 18.6. The Labute approximate surface area is 186 Å². The predicted molar refractivity (Wildman–Crippen MR) is 124 cm³/mol. The van der Waals surface area contributed by atoms with Crippen LogP contribution in [-0.2, 0) is 11.3 Å². The SMILES string of the molecule is COc1ccc([C@H]2CN(Cc3ccccc3)[C@@H]3CCN(C(=O)CCCCN)C[C@H]23)cc1. The molecule has 0 bridgehead atoms. The molecular formula is C26H35N3O2. The summed E-state index contributed by atoms with van der Waals surface area (Å²) >= 11 is 0. The Kier molecular flexibility index (Phi) is 7.25. The number of amides is 1. The first kappa shape index (κ1) is 21.8. The number of hydrogen-bond donors (Lipinski definition) is 1. The predicted octanol–water partition coefficient (Wildman–Crippen LogP) is 3.64. The van der Waals surface area contributed by atoms with Gasteiger partial charge in [-0.2, -0.15) is 0 Å². The van der Waals surface area contributed by atoms with E-state index >= 15 is 0 Å². The van der Waals surface area contributed by atoms with Gasteiger partial charge in [-0.15, -0.1) is 0 Å². The quantitative estimate of drug-likeness (QED) is 0.661. The Bertz CT molecular complexity index is 839. The molecule has 0 aliphatic carbocycles. The lowest BCUT2D eigenvalue weighted by Crippen LogP contribution is -2.48. The molecular weight excluding hydrogens is 386 g/mol. The molecule has 4 rings (SSSR count). The molecule has 2 N–H and O–H groups in total. The molecule has 5 heteroatoms. The molecule has 31 heavy (non-hydrogen) atoms. The fraction of sp³-hybridized carbons (Fsp3) is 0.500. The van der Waals surface area contributed by atoms with Crippen molar-refractivity contribution >= 4 is 5.91 Å². The highest BCUT2D eigenvalue weighted by molar-refractivity contribution is 5.76. The summed E-state index contributed by atoms with van der Waals surface area (Å²) in [4.78, 5) is 17.6. The van der Waals surface area contributed by atoms with E-state index < -0.39 is 0 Å². The zero-order chi connectivity index (χ0) is 21.6. The first-order valence-corrected chi connectivity index (χ1v) is 11.6. The minimum absolute atomic E-state index is 0.293. The summed E-state index contributed by atoms with van der Waals surface area (Å²) in [5.74, 6) is 2.07. The number of rotatable bonds is 8. The molecule has 0 spiro atoms. The number of methoxy groups -OCH3 is 1. The van der Waals surface area contributed by atoms with Crippen LogP contribution in [0.25, 0.3) is 0 Å². The van der Waals surface area contributed by atoms with Crippen LogP contribution in [0.15, 0.2) is 54.6 Å². The molecule has 5 nitrogen and oxygen atoms in total. The van der Waals surface area contributed by atoms with Crippen LogP contribution in [0, 0.1) is 5.92 Å². The summed E-state index contributed by atoms with van der Waals surface area (Å²) in [6, 6.07) is 19.8. The van der Waals surface area contributed by atoms with E-state index in [0.29, 0.717) is 36.8 Å². The summed E-state index contributed by atoms with van der Waals surface area (Å²) in [6.07, 6.45) is 3.48. The van der Waals surface area contributed by atoms with Gasteiger partial charge < -0.3 is 15.4 Å². The van der Waals surface area contributed by atoms with Crippen LogP contribution < -0.4 is 10.5 Å². The number of unbranched alkanes of at least 4 members (excludes halogenated alkanes) is 1. The molecule has 2 aliphatic heterocycles. The minimum Gasteiger partial charge on any atom is -0.497 e. The van der Waals surface area contributed by atoms with Gasteiger partial charge in [-0.1, -0.05) is 42.5 Å². The van der Waals surface area contributed by atoms with Crippen LogP contribution in [0.2, 0.25) is 0 Å². The van der Waals surface area contributed by atoms with E-state index in [9.17, 15) is 4.79 Å². The van der Waals surface area contributed by atoms with E-state index in [0.717, 1.165) is 51.2 Å². The lowest BCUT2D eigenvalue weighted by Gasteiger charge is -2.39. The van der Waals surface area contributed by atoms with Crippen molar-refractivity contribution in [3.8, 4) is 5.75 Å². The molecule has 0 unspecified atom stereocenters. The number of nitrogens with two attached hydrogens (primary N) is 1. The number of benzene rings is 2. The van der Waals surface area contributed by atoms with Crippen molar-refractivity contribution in [3.05, 3.63) is 65.7 Å². The molecule has 0 radical (unpaired) electrons. The number of fused-ring (bicyclic) bond motifs is 1. The van der Waals surface area contributed by atoms with E-state index in [1.54, 1.807) is 7.11 Å². The number of hydrogen-bond acceptors (Lipinski definition) is 4. The maximum Gasteiger partial charge on any atom is 0.222 e. The molecule has 3 atom stereocenters. The van der Waals surface area contributed by atoms with Crippen LogP contribution >= 0.6 is 0 Å². The zero-order valence-corrected chi connectivity index (χ0v) is 18.6. The number of likely N-dealkylation sites (tertiary alicyclic amines) is 2. The molecule has 2 fully saturated rings. The Morgan fingerprint density at radius 3 is 2.55 bits per heavy atom. The van der Waals surface area contributed by atoms with Crippen molar-refractivity contribution < 1.29 is 9.53 Å². The van der Waals surface area contributed by atoms with E-state index in [4.69, 9.17) is 10.5 Å². The van der Waals surface area contributed by atoms with Gasteiger partial charge in [-0.3, -0.25) is 9.69 Å². The molecule has 0 aromatic heterocycles. The average molecular weight is 422 g/mol. The van der Waals surface area contributed by atoms with Gasteiger partial charge in [0.2, 0.25) is 5.91 Å². The van der Waals surface area contributed by atoms with E-state index in [2.05, 4.69) is 64.4 Å². The van der Waals surface area contributed by atoms with Gasteiger partial charge in [0.15, 0.2) is 0 Å². The third-order valence-corrected chi connectivity index (χ3v) is 7.01. The molecule has 2 saturated heterocycles. The number of piperidine rings is 1. The number of carbonyl (C=O) groups is 1. The van der Waals surface area contributed by atoms with E-state index in [1.165, 1.54) is 11.1 Å². The average Bonchev–Trinajstić information content (AvgIpc) is 3.17.